The first-order chi connectivity index (χ1) is 17.7. The van der Waals surface area contributed by atoms with E-state index in [1.54, 1.807) is 42.7 Å². The van der Waals surface area contributed by atoms with Crippen LogP contribution in [-0.4, -0.2) is 45.7 Å². The number of amides is 1. The molecular weight excluding hydrogens is 460 g/mol. The fourth-order valence-corrected chi connectivity index (χ4v) is 3.40. The molecule has 0 aliphatic heterocycles. The van der Waals surface area contributed by atoms with E-state index in [1.165, 1.54) is 18.9 Å². The summed E-state index contributed by atoms with van der Waals surface area (Å²) in [6, 6.07) is 12.5. The zero-order valence-electron chi connectivity index (χ0n) is 19.6. The van der Waals surface area contributed by atoms with Gasteiger partial charge in [-0.25, -0.2) is 4.98 Å². The Hall–Kier alpha value is -4.44. The van der Waals surface area contributed by atoms with Crippen molar-refractivity contribution in [2.45, 2.75) is 12.8 Å². The average molecular weight is 487 g/mol. The Morgan fingerprint density at radius 1 is 1.14 bits per heavy atom. The molecule has 10 nitrogen and oxygen atoms in total. The third-order valence-corrected chi connectivity index (χ3v) is 5.40. The van der Waals surface area contributed by atoms with Crippen molar-refractivity contribution in [2.24, 2.45) is 5.92 Å². The first kappa shape index (κ1) is 23.3. The van der Waals surface area contributed by atoms with E-state index < -0.39 is 0 Å². The minimum atomic E-state index is -0.305. The second-order valence-corrected chi connectivity index (χ2v) is 8.29. The molecule has 0 bridgehead atoms. The minimum absolute atomic E-state index is 0.305. The van der Waals surface area contributed by atoms with Crippen LogP contribution < -0.4 is 20.1 Å². The Bertz CT molecular complexity index is 1350. The van der Waals surface area contributed by atoms with Crippen LogP contribution in [0, 0.1) is 5.92 Å². The van der Waals surface area contributed by atoms with E-state index >= 15 is 0 Å². The maximum Gasteiger partial charge on any atom is 0.247 e. The first-order valence-electron chi connectivity index (χ1n) is 11.7. The van der Waals surface area contributed by atoms with Gasteiger partial charge in [0.1, 0.15) is 18.0 Å². The molecule has 0 atom stereocenters. The fraction of sp³-hybridized carbons (Fsp3) is 0.231. The number of nitrogens with zero attached hydrogens (tertiary/aromatic N) is 3. The van der Waals surface area contributed by atoms with E-state index in [4.69, 9.17) is 14.2 Å². The zero-order valence-corrected chi connectivity index (χ0v) is 19.6. The Balaban J connectivity index is 1.25. The predicted molar refractivity (Wildman–Crippen MR) is 136 cm³/mol. The molecule has 0 spiro atoms. The van der Waals surface area contributed by atoms with Crippen LogP contribution in [0.5, 0.6) is 17.5 Å². The van der Waals surface area contributed by atoms with E-state index in [9.17, 15) is 4.79 Å². The highest BCUT2D eigenvalue weighted by Gasteiger charge is 2.20. The molecule has 10 heteroatoms. The number of carbonyl (C=O) groups is 1. The highest BCUT2D eigenvalue weighted by molar-refractivity contribution is 5.99. The number of nitrogens with one attached hydrogen (secondary N) is 3. The van der Waals surface area contributed by atoms with E-state index in [-0.39, 0.29) is 5.91 Å². The summed E-state index contributed by atoms with van der Waals surface area (Å²) in [5.74, 6) is 2.15. The molecule has 0 unspecified atom stereocenters. The number of pyridine rings is 1. The molecule has 1 aliphatic rings. The van der Waals surface area contributed by atoms with Crippen molar-refractivity contribution in [3.8, 4) is 17.5 Å². The van der Waals surface area contributed by atoms with E-state index in [0.717, 1.165) is 12.5 Å². The van der Waals surface area contributed by atoms with Crippen LogP contribution in [0.2, 0.25) is 0 Å². The molecule has 3 heterocycles. The number of benzene rings is 1. The van der Waals surface area contributed by atoms with Gasteiger partial charge in [0.2, 0.25) is 23.6 Å². The standard InChI is InChI=1S/C26H26N6O4/c1-2-22(33)29-18-4-3-5-20(14-18)36-25-21-10-11-27-24(21)31-26(32-25)30-19-8-9-23(28-15-19)35-13-12-34-16-17-6-7-17/h2-5,8-11,14-15,17H,1,6-7,12-13,16H2,(H,29,33)(H2,27,30,31,32). The van der Waals surface area contributed by atoms with Crippen LogP contribution in [0.3, 0.4) is 0 Å². The van der Waals surface area contributed by atoms with Crippen molar-refractivity contribution in [3.05, 3.63) is 67.5 Å². The summed E-state index contributed by atoms with van der Waals surface area (Å²) in [6.07, 6.45) is 7.16. The van der Waals surface area contributed by atoms with Crippen molar-refractivity contribution >= 4 is 34.3 Å². The quantitative estimate of drug-likeness (QED) is 0.192. The summed E-state index contributed by atoms with van der Waals surface area (Å²) >= 11 is 0. The number of anilines is 3. The first-order valence-corrected chi connectivity index (χ1v) is 11.7. The molecule has 1 aromatic carbocycles. The average Bonchev–Trinajstić information content (AvgIpc) is 3.59. The predicted octanol–water partition coefficient (Wildman–Crippen LogP) is 4.82. The van der Waals surface area contributed by atoms with Gasteiger partial charge >= 0.3 is 0 Å². The summed E-state index contributed by atoms with van der Waals surface area (Å²) in [5.41, 5.74) is 1.88. The smallest absolute Gasteiger partial charge is 0.247 e. The molecule has 1 aliphatic carbocycles. The lowest BCUT2D eigenvalue weighted by Crippen LogP contribution is -2.09. The number of aromatic nitrogens is 4. The Morgan fingerprint density at radius 3 is 2.86 bits per heavy atom. The van der Waals surface area contributed by atoms with Crippen LogP contribution in [0.4, 0.5) is 17.3 Å². The van der Waals surface area contributed by atoms with E-state index in [1.807, 2.05) is 12.1 Å². The van der Waals surface area contributed by atoms with Gasteiger partial charge in [0.05, 0.1) is 23.9 Å². The fourth-order valence-electron chi connectivity index (χ4n) is 3.40. The largest absolute Gasteiger partial charge is 0.475 e. The number of fused-ring (bicyclic) bond motifs is 1. The van der Waals surface area contributed by atoms with Crippen LogP contribution in [0.15, 0.2) is 67.5 Å². The van der Waals surface area contributed by atoms with Crippen molar-refractivity contribution in [1.29, 1.82) is 0 Å². The van der Waals surface area contributed by atoms with Gasteiger partial charge in [0, 0.05) is 30.6 Å². The third-order valence-electron chi connectivity index (χ3n) is 5.40. The Morgan fingerprint density at radius 2 is 2.06 bits per heavy atom. The number of ether oxygens (including phenoxy) is 3. The molecule has 184 valence electrons. The number of aromatic amines is 1. The van der Waals surface area contributed by atoms with Gasteiger partial charge in [-0.3, -0.25) is 4.79 Å². The summed E-state index contributed by atoms with van der Waals surface area (Å²) in [4.78, 5) is 28.1. The van der Waals surface area contributed by atoms with Gasteiger partial charge in [-0.1, -0.05) is 12.6 Å². The summed E-state index contributed by atoms with van der Waals surface area (Å²) < 4.78 is 17.3. The Labute approximate surface area is 207 Å². The third kappa shape index (κ3) is 6.16. The number of rotatable bonds is 12. The summed E-state index contributed by atoms with van der Waals surface area (Å²) in [7, 11) is 0. The van der Waals surface area contributed by atoms with Crippen molar-refractivity contribution in [2.75, 3.05) is 30.5 Å². The van der Waals surface area contributed by atoms with Crippen LogP contribution in [0.1, 0.15) is 12.8 Å². The molecule has 3 N–H and O–H groups in total. The highest BCUT2D eigenvalue weighted by atomic mass is 16.5. The van der Waals surface area contributed by atoms with Crippen LogP contribution in [-0.2, 0) is 9.53 Å². The Kier molecular flexibility index (Phi) is 7.04. The van der Waals surface area contributed by atoms with Gasteiger partial charge < -0.3 is 29.8 Å². The number of hydrogen-bond donors (Lipinski definition) is 3. The monoisotopic (exact) mass is 486 g/mol. The lowest BCUT2D eigenvalue weighted by Gasteiger charge is -2.11. The van der Waals surface area contributed by atoms with Gasteiger partial charge in [0.25, 0.3) is 0 Å². The van der Waals surface area contributed by atoms with Crippen LogP contribution in [0.25, 0.3) is 11.0 Å². The maximum atomic E-state index is 11.6. The van der Waals surface area contributed by atoms with Crippen molar-refractivity contribution < 1.29 is 19.0 Å². The van der Waals surface area contributed by atoms with Gasteiger partial charge in [-0.2, -0.15) is 9.97 Å². The molecular formula is C26H26N6O4. The zero-order chi connectivity index (χ0) is 24.7. The van der Waals surface area contributed by atoms with Crippen molar-refractivity contribution in [1.82, 2.24) is 19.9 Å². The normalized spacial score (nSPS) is 12.8. The summed E-state index contributed by atoms with van der Waals surface area (Å²) in [6.45, 7) is 5.28. The van der Waals surface area contributed by atoms with E-state index in [2.05, 4.69) is 37.1 Å². The molecule has 0 saturated heterocycles. The number of hydrogen-bond acceptors (Lipinski definition) is 8. The SMILES string of the molecule is C=CC(=O)Nc1cccc(Oc2nc(Nc3ccc(OCCOCC4CC4)nc3)nc3[nH]ccc23)c1. The van der Waals surface area contributed by atoms with Crippen LogP contribution >= 0.6 is 0 Å². The molecule has 1 saturated carbocycles. The molecule has 3 aromatic heterocycles. The maximum absolute atomic E-state index is 11.6. The topological polar surface area (TPSA) is 123 Å². The van der Waals surface area contributed by atoms with E-state index in [0.29, 0.717) is 59.1 Å². The summed E-state index contributed by atoms with van der Waals surface area (Å²) in [5, 5.41) is 6.57. The highest BCUT2D eigenvalue weighted by Crippen LogP contribution is 2.30. The molecule has 1 fully saturated rings. The molecule has 4 aromatic rings. The lowest BCUT2D eigenvalue weighted by atomic mass is 10.3. The molecule has 0 radical (unpaired) electrons. The number of H-pyrrole nitrogens is 1. The molecule has 5 rings (SSSR count). The second-order valence-electron chi connectivity index (χ2n) is 8.29. The second kappa shape index (κ2) is 10.9. The molecule has 1 amide bonds. The van der Waals surface area contributed by atoms with Gasteiger partial charge in [0.15, 0.2) is 0 Å². The minimum Gasteiger partial charge on any atom is -0.475 e. The number of carbonyl (C=O) groups excluding carboxylic acids is 1. The lowest BCUT2D eigenvalue weighted by molar-refractivity contribution is -0.111. The van der Waals surface area contributed by atoms with Crippen molar-refractivity contribution in [3.63, 3.8) is 0 Å². The van der Waals surface area contributed by atoms with Gasteiger partial charge in [-0.15, -0.1) is 0 Å². The van der Waals surface area contributed by atoms with Gasteiger partial charge in [-0.05, 0) is 49.1 Å². The molecule has 36 heavy (non-hydrogen) atoms.